The molecule has 6 aliphatic rings. The number of aromatic nitrogens is 9. The zero-order valence-electron chi connectivity index (χ0n) is 65.9. The highest BCUT2D eigenvalue weighted by molar-refractivity contribution is 6.28. The van der Waals surface area contributed by atoms with Crippen LogP contribution in [0.15, 0.2) is 109 Å². The maximum absolute atomic E-state index is 12.0. The van der Waals surface area contributed by atoms with E-state index < -0.39 is 0 Å². The average Bonchev–Trinajstić information content (AvgIpc) is 1.11. The van der Waals surface area contributed by atoms with Gasteiger partial charge in [-0.05, 0) is 124 Å². The molecule has 3 spiro atoms. The first-order chi connectivity index (χ1) is 54.4. The standard InChI is InChI=1S/2C22H24N6O3.C15H12ClN5O.C7H13NO2.3C5H12O/c2*1-24-20(29)15-4-2-3-14(11-15)17-6-5-16-18(23)26-21(27-19(16)25-17)28-8-10-31-22(12-28)7-9-30-13-22;1-18-14(22)9-4-2-3-8(7-9)11-6-5-10-12(17)20-15(16)21-13(10)19-11;1-3-9-6-7(1)5-8-2-4-10-7;3*1-3-5-6-4-2/h2*2-6,11H,7-10,12-13H2,1H3,(H,24,29)(H2,23,25,26,27);2-7H,1H3,(H,18,22)(H2,17,19,20,21);8H,1-6H2;3*3-5H2,1-2H3/t2*22-;;;;;/m10...../s1. The maximum Gasteiger partial charge on any atom is 0.251 e. The number of nitrogens with zero attached hydrogens (tertiary/aromatic N) is 11. The van der Waals surface area contributed by atoms with Crippen LogP contribution < -0.4 is 48.3 Å². The Morgan fingerprint density at radius 1 is 0.455 bits per heavy atom. The maximum atomic E-state index is 12.0. The zero-order valence-corrected chi connectivity index (χ0v) is 66.7. The van der Waals surface area contributed by atoms with Gasteiger partial charge in [0.1, 0.15) is 34.3 Å². The Hall–Kier alpha value is -9.57. The summed E-state index contributed by atoms with van der Waals surface area (Å²) in [6.07, 6.45) is 6.17. The van der Waals surface area contributed by atoms with E-state index in [-0.39, 0.29) is 45.6 Å². The molecule has 9 aromatic rings. The van der Waals surface area contributed by atoms with Gasteiger partial charge in [-0.15, -0.1) is 0 Å². The van der Waals surface area contributed by atoms with E-state index in [9.17, 15) is 14.4 Å². The Kier molecular flexibility index (Phi) is 33.5. The van der Waals surface area contributed by atoms with Crippen molar-refractivity contribution in [2.45, 2.75) is 96.9 Å². The number of nitrogens with one attached hydrogen (secondary N) is 4. The molecule has 602 valence electrons. The molecule has 3 amide bonds. The first-order valence-corrected chi connectivity index (χ1v) is 38.8. The molecule has 10 N–H and O–H groups in total. The molecule has 31 heteroatoms. The number of carbonyl (C=O) groups excluding carboxylic acids is 3. The minimum absolute atomic E-state index is 0.0399. The van der Waals surface area contributed by atoms with Gasteiger partial charge < -0.3 is 90.9 Å². The number of hydrogen-bond donors (Lipinski definition) is 7. The molecular weight excluding hydrogens is 1450 g/mol. The third-order valence-corrected chi connectivity index (χ3v) is 18.9. The smallest absolute Gasteiger partial charge is 0.251 e. The van der Waals surface area contributed by atoms with E-state index >= 15 is 0 Å². The van der Waals surface area contributed by atoms with Crippen molar-refractivity contribution in [1.82, 2.24) is 66.1 Å². The summed E-state index contributed by atoms with van der Waals surface area (Å²) in [4.78, 5) is 80.3. The fourth-order valence-electron chi connectivity index (χ4n) is 12.8. The van der Waals surface area contributed by atoms with E-state index in [1.54, 1.807) is 63.6 Å². The summed E-state index contributed by atoms with van der Waals surface area (Å²) >= 11 is 5.81. The third kappa shape index (κ3) is 24.0. The Balaban J connectivity index is 0.000000166. The SMILES string of the molecule is C1COC2(CCOC2)CN1.CCCOCC.CCCOCC.CCCOCC.CNC(=O)c1cccc(-c2ccc3c(N)nc(Cl)nc3n2)c1.CNC(=O)c1cccc(-c2ccc3c(N)nc(N4CCO[C@@]5(CCOC5)C4)nc3n2)c1.CNC(=O)c1cccc(-c2ccc3c(N)nc(N4CCO[C@]5(CCOC5)C4)nc3n2)c1. The van der Waals surface area contributed by atoms with Gasteiger partial charge in [-0.1, -0.05) is 57.2 Å². The summed E-state index contributed by atoms with van der Waals surface area (Å²) in [6, 6.07) is 32.9. The molecule has 30 nitrogen and oxygen atoms in total. The van der Waals surface area contributed by atoms with Gasteiger partial charge in [-0.2, -0.15) is 24.9 Å². The lowest BCUT2D eigenvalue weighted by atomic mass is 10.0. The molecule has 3 aromatic carbocycles. The summed E-state index contributed by atoms with van der Waals surface area (Å²) in [5.74, 6) is 1.71. The topological polar surface area (TPSA) is 383 Å². The highest BCUT2D eigenvalue weighted by Crippen LogP contribution is 2.34. The predicted octanol–water partition coefficient (Wildman–Crippen LogP) is 9.61. The minimum atomic E-state index is -0.305. The zero-order chi connectivity index (χ0) is 79.9. The number of rotatable bonds is 17. The summed E-state index contributed by atoms with van der Waals surface area (Å²) in [7, 11) is 4.81. The quantitative estimate of drug-likeness (QED) is 0.0329. The Morgan fingerprint density at radius 3 is 1.13 bits per heavy atom. The Morgan fingerprint density at radius 2 is 0.812 bits per heavy atom. The van der Waals surface area contributed by atoms with E-state index in [0.29, 0.717) is 156 Å². The van der Waals surface area contributed by atoms with Crippen molar-refractivity contribution in [2.75, 3.05) is 187 Å². The van der Waals surface area contributed by atoms with E-state index in [1.165, 1.54) is 0 Å². The molecule has 6 aliphatic heterocycles. The molecule has 0 aliphatic carbocycles. The molecule has 6 fully saturated rings. The predicted molar refractivity (Wildman–Crippen MR) is 437 cm³/mol. The molecular formula is C81H109ClN18O12. The lowest BCUT2D eigenvalue weighted by Crippen LogP contribution is -2.53. The van der Waals surface area contributed by atoms with Gasteiger partial charge in [0, 0.05) is 159 Å². The van der Waals surface area contributed by atoms with Gasteiger partial charge in [-0.3, -0.25) is 14.4 Å². The van der Waals surface area contributed by atoms with Gasteiger partial charge in [0.15, 0.2) is 16.9 Å². The summed E-state index contributed by atoms with van der Waals surface area (Å²) < 4.78 is 49.0. The van der Waals surface area contributed by atoms with Crippen molar-refractivity contribution < 1.29 is 57.0 Å². The number of nitrogens with two attached hydrogens (primary N) is 3. The van der Waals surface area contributed by atoms with E-state index in [1.807, 2.05) is 87.5 Å². The average molecular weight is 1560 g/mol. The van der Waals surface area contributed by atoms with Crippen LogP contribution >= 0.6 is 11.6 Å². The molecule has 15 rings (SSSR count). The number of morpholine rings is 3. The Labute approximate surface area is 660 Å². The van der Waals surface area contributed by atoms with Crippen LogP contribution in [0.3, 0.4) is 0 Å². The second-order valence-electron chi connectivity index (χ2n) is 27.0. The number of hydrogen-bond acceptors (Lipinski definition) is 27. The molecule has 6 saturated heterocycles. The fraction of sp³-hybridized carbons (Fsp3) is 0.481. The van der Waals surface area contributed by atoms with Crippen LogP contribution in [0.1, 0.15) is 111 Å². The van der Waals surface area contributed by atoms with E-state index in [0.717, 1.165) is 128 Å². The molecule has 0 saturated carbocycles. The highest BCUT2D eigenvalue weighted by atomic mass is 35.5. The number of halogens is 1. The van der Waals surface area contributed by atoms with Gasteiger partial charge in [-0.25, -0.2) is 19.9 Å². The van der Waals surface area contributed by atoms with Crippen LogP contribution in [0, 0.1) is 0 Å². The van der Waals surface area contributed by atoms with Crippen LogP contribution in [0.2, 0.25) is 5.28 Å². The number of anilines is 5. The normalized spacial score (nSPS) is 18.8. The molecule has 6 aromatic heterocycles. The van der Waals surface area contributed by atoms with Crippen molar-refractivity contribution in [3.05, 3.63) is 131 Å². The molecule has 0 bridgehead atoms. The van der Waals surface area contributed by atoms with Crippen molar-refractivity contribution in [1.29, 1.82) is 0 Å². The number of ether oxygens (including phenoxy) is 9. The molecule has 1 unspecified atom stereocenters. The van der Waals surface area contributed by atoms with Gasteiger partial charge in [0.25, 0.3) is 17.7 Å². The van der Waals surface area contributed by atoms with Crippen molar-refractivity contribution >= 4 is 91.8 Å². The number of fused-ring (bicyclic) bond motifs is 3. The first kappa shape index (κ1) is 86.4. The molecule has 3 atom stereocenters. The van der Waals surface area contributed by atoms with Gasteiger partial charge in [0.05, 0.1) is 86.0 Å². The second-order valence-corrected chi connectivity index (χ2v) is 27.3. The van der Waals surface area contributed by atoms with Crippen molar-refractivity contribution in [3.63, 3.8) is 0 Å². The Bertz CT molecular complexity index is 4290. The number of benzene rings is 3. The highest BCUT2D eigenvalue weighted by Gasteiger charge is 2.43. The van der Waals surface area contributed by atoms with E-state index in [4.69, 9.17) is 91.4 Å². The summed E-state index contributed by atoms with van der Waals surface area (Å²) in [6.45, 7) is 28.5. The number of carbonyl (C=O) groups is 3. The number of amides is 3. The van der Waals surface area contributed by atoms with Crippen molar-refractivity contribution in [2.24, 2.45) is 0 Å². The van der Waals surface area contributed by atoms with Crippen LogP contribution in [0.25, 0.3) is 66.9 Å². The fourth-order valence-corrected chi connectivity index (χ4v) is 13.0. The largest absolute Gasteiger partial charge is 0.383 e. The van der Waals surface area contributed by atoms with Crippen LogP contribution in [0.4, 0.5) is 29.4 Å². The van der Waals surface area contributed by atoms with Crippen LogP contribution in [0.5, 0.6) is 0 Å². The van der Waals surface area contributed by atoms with E-state index in [2.05, 4.69) is 76.8 Å². The van der Waals surface area contributed by atoms with Gasteiger partial charge >= 0.3 is 0 Å². The first-order valence-electron chi connectivity index (χ1n) is 38.4. The summed E-state index contributed by atoms with van der Waals surface area (Å²) in [5.41, 5.74) is 25.5. The second kappa shape index (κ2) is 43.5. The lowest BCUT2D eigenvalue weighted by molar-refractivity contribution is -0.0674. The summed E-state index contributed by atoms with van der Waals surface area (Å²) in [5, 5.41) is 13.3. The molecule has 112 heavy (non-hydrogen) atoms. The minimum Gasteiger partial charge on any atom is -0.383 e. The van der Waals surface area contributed by atoms with Crippen LogP contribution in [-0.4, -0.2) is 239 Å². The van der Waals surface area contributed by atoms with Crippen LogP contribution in [-0.2, 0) is 42.6 Å². The number of pyridine rings is 3. The monoisotopic (exact) mass is 1560 g/mol. The molecule has 0 radical (unpaired) electrons. The lowest BCUT2D eigenvalue weighted by Gasteiger charge is -2.39. The third-order valence-electron chi connectivity index (χ3n) is 18.7. The number of nitrogen functional groups attached to an aromatic ring is 3. The van der Waals surface area contributed by atoms with Crippen molar-refractivity contribution in [3.8, 4) is 33.8 Å². The van der Waals surface area contributed by atoms with Gasteiger partial charge in [0.2, 0.25) is 17.2 Å². The molecule has 12 heterocycles.